The lowest BCUT2D eigenvalue weighted by atomic mass is 10.0. The lowest BCUT2D eigenvalue weighted by Gasteiger charge is -2.12. The summed E-state index contributed by atoms with van der Waals surface area (Å²) < 4.78 is 5.57. The summed E-state index contributed by atoms with van der Waals surface area (Å²) in [5, 5.41) is 9.09. The normalized spacial score (nSPS) is 17.4. The molecule has 1 aliphatic carbocycles. The molecule has 0 aliphatic heterocycles. The number of hydrogen-bond donors (Lipinski definition) is 2. The van der Waals surface area contributed by atoms with E-state index in [1.54, 1.807) is 24.3 Å². The van der Waals surface area contributed by atoms with Crippen LogP contribution in [-0.2, 0) is 0 Å². The average molecular weight is 207 g/mol. The van der Waals surface area contributed by atoms with Crippen LogP contribution in [0.4, 0.5) is 0 Å². The summed E-state index contributed by atoms with van der Waals surface area (Å²) in [5.74, 6) is 1.07. The molecule has 0 unspecified atom stereocenters. The summed E-state index contributed by atoms with van der Waals surface area (Å²) in [6.07, 6.45) is 3.51. The topological polar surface area (TPSA) is 55.5 Å². The minimum atomic E-state index is 0.267. The Bertz CT molecular complexity index is 317. The molecule has 0 spiro atoms. The van der Waals surface area contributed by atoms with Crippen LogP contribution < -0.4 is 10.5 Å². The van der Waals surface area contributed by atoms with Gasteiger partial charge in [-0.1, -0.05) is 0 Å². The molecule has 2 rings (SSSR count). The second-order valence-corrected chi connectivity index (χ2v) is 4.30. The summed E-state index contributed by atoms with van der Waals surface area (Å²) in [5.41, 5.74) is 6.05. The Kier molecular flexibility index (Phi) is 2.82. The Morgan fingerprint density at radius 2 is 1.93 bits per heavy atom. The summed E-state index contributed by atoms with van der Waals surface area (Å²) in [4.78, 5) is 0. The van der Waals surface area contributed by atoms with Crippen molar-refractivity contribution >= 4 is 0 Å². The van der Waals surface area contributed by atoms with Crippen LogP contribution in [0.3, 0.4) is 0 Å². The predicted octanol–water partition coefficient (Wildman–Crippen LogP) is 1.90. The van der Waals surface area contributed by atoms with Crippen molar-refractivity contribution in [2.45, 2.75) is 19.3 Å². The highest BCUT2D eigenvalue weighted by atomic mass is 16.5. The highest BCUT2D eigenvalue weighted by Gasteiger charge is 2.40. The number of nitrogens with two attached hydrogens (primary N) is 1. The molecular weight excluding hydrogens is 190 g/mol. The number of ether oxygens (including phenoxy) is 1. The molecule has 0 amide bonds. The summed E-state index contributed by atoms with van der Waals surface area (Å²) in [6, 6.07) is 6.81. The van der Waals surface area contributed by atoms with Crippen LogP contribution in [0.25, 0.3) is 0 Å². The van der Waals surface area contributed by atoms with Crippen LogP contribution >= 0.6 is 0 Å². The number of phenolic OH excluding ortho intramolecular Hbond substituents is 1. The summed E-state index contributed by atoms with van der Waals surface area (Å²) >= 11 is 0. The second kappa shape index (κ2) is 4.11. The number of phenols is 1. The third-order valence-electron chi connectivity index (χ3n) is 3.13. The van der Waals surface area contributed by atoms with Crippen molar-refractivity contribution in [1.29, 1.82) is 0 Å². The third-order valence-corrected chi connectivity index (χ3v) is 3.13. The number of rotatable bonds is 5. The van der Waals surface area contributed by atoms with E-state index in [1.165, 1.54) is 12.8 Å². The Morgan fingerprint density at radius 3 is 2.47 bits per heavy atom. The summed E-state index contributed by atoms with van der Waals surface area (Å²) in [6.45, 7) is 1.48. The Hall–Kier alpha value is -1.22. The van der Waals surface area contributed by atoms with Gasteiger partial charge in [0.2, 0.25) is 0 Å². The zero-order valence-corrected chi connectivity index (χ0v) is 8.78. The molecule has 0 saturated heterocycles. The molecule has 3 nitrogen and oxygen atoms in total. The van der Waals surface area contributed by atoms with Gasteiger partial charge < -0.3 is 15.6 Å². The third kappa shape index (κ3) is 2.63. The van der Waals surface area contributed by atoms with Gasteiger partial charge in [0.05, 0.1) is 6.61 Å². The van der Waals surface area contributed by atoms with Crippen molar-refractivity contribution in [3.8, 4) is 11.5 Å². The van der Waals surface area contributed by atoms with Gasteiger partial charge in [-0.25, -0.2) is 0 Å². The van der Waals surface area contributed by atoms with Crippen molar-refractivity contribution in [3.05, 3.63) is 24.3 Å². The van der Waals surface area contributed by atoms with E-state index in [1.807, 2.05) is 0 Å². The van der Waals surface area contributed by atoms with Crippen molar-refractivity contribution in [2.24, 2.45) is 11.1 Å². The SMILES string of the molecule is NCC1(CCOc2ccc(O)cc2)CC1. The highest BCUT2D eigenvalue weighted by Crippen LogP contribution is 2.47. The van der Waals surface area contributed by atoms with Gasteiger partial charge in [-0.05, 0) is 55.5 Å². The molecule has 1 fully saturated rings. The van der Waals surface area contributed by atoms with Crippen LogP contribution in [0.5, 0.6) is 11.5 Å². The Morgan fingerprint density at radius 1 is 1.27 bits per heavy atom. The molecule has 3 N–H and O–H groups in total. The van der Waals surface area contributed by atoms with Gasteiger partial charge >= 0.3 is 0 Å². The first kappa shape index (κ1) is 10.3. The minimum Gasteiger partial charge on any atom is -0.508 e. The molecule has 1 aromatic rings. The van der Waals surface area contributed by atoms with Gasteiger partial charge in [0.25, 0.3) is 0 Å². The molecule has 15 heavy (non-hydrogen) atoms. The molecule has 1 aromatic carbocycles. The molecule has 82 valence electrons. The van der Waals surface area contributed by atoms with Crippen molar-refractivity contribution in [2.75, 3.05) is 13.2 Å². The fourth-order valence-corrected chi connectivity index (χ4v) is 1.66. The van der Waals surface area contributed by atoms with Crippen LogP contribution in [-0.4, -0.2) is 18.3 Å². The van der Waals surface area contributed by atoms with E-state index in [9.17, 15) is 0 Å². The zero-order valence-electron chi connectivity index (χ0n) is 8.78. The van der Waals surface area contributed by atoms with Gasteiger partial charge in [0.1, 0.15) is 11.5 Å². The van der Waals surface area contributed by atoms with Crippen LogP contribution in [0.1, 0.15) is 19.3 Å². The summed E-state index contributed by atoms with van der Waals surface area (Å²) in [7, 11) is 0. The lowest BCUT2D eigenvalue weighted by molar-refractivity contribution is 0.271. The van der Waals surface area contributed by atoms with Crippen LogP contribution in [0, 0.1) is 5.41 Å². The first-order chi connectivity index (χ1) is 7.24. The smallest absolute Gasteiger partial charge is 0.119 e. The monoisotopic (exact) mass is 207 g/mol. The van der Waals surface area contributed by atoms with Gasteiger partial charge in [-0.15, -0.1) is 0 Å². The maximum Gasteiger partial charge on any atom is 0.119 e. The molecule has 0 aromatic heterocycles. The second-order valence-electron chi connectivity index (χ2n) is 4.30. The van der Waals surface area contributed by atoms with E-state index in [0.717, 1.165) is 18.7 Å². The Labute approximate surface area is 89.9 Å². The van der Waals surface area contributed by atoms with E-state index in [-0.39, 0.29) is 5.75 Å². The van der Waals surface area contributed by atoms with Gasteiger partial charge in [0, 0.05) is 0 Å². The lowest BCUT2D eigenvalue weighted by Crippen LogP contribution is -2.18. The predicted molar refractivity (Wildman–Crippen MR) is 58.9 cm³/mol. The molecule has 0 radical (unpaired) electrons. The first-order valence-electron chi connectivity index (χ1n) is 5.36. The van der Waals surface area contributed by atoms with Crippen molar-refractivity contribution < 1.29 is 9.84 Å². The van der Waals surface area contributed by atoms with E-state index in [0.29, 0.717) is 12.0 Å². The molecule has 1 aliphatic rings. The maximum absolute atomic E-state index is 9.09. The van der Waals surface area contributed by atoms with Crippen molar-refractivity contribution in [1.82, 2.24) is 0 Å². The fraction of sp³-hybridized carbons (Fsp3) is 0.500. The molecular formula is C12H17NO2. The molecule has 1 saturated carbocycles. The quantitative estimate of drug-likeness (QED) is 0.775. The Balaban J connectivity index is 1.76. The highest BCUT2D eigenvalue weighted by molar-refractivity contribution is 5.30. The first-order valence-corrected chi connectivity index (χ1v) is 5.36. The zero-order chi connectivity index (χ0) is 10.7. The molecule has 0 atom stereocenters. The van der Waals surface area contributed by atoms with Crippen LogP contribution in [0.15, 0.2) is 24.3 Å². The minimum absolute atomic E-state index is 0.267. The van der Waals surface area contributed by atoms with E-state index >= 15 is 0 Å². The van der Waals surface area contributed by atoms with Gasteiger partial charge in [-0.2, -0.15) is 0 Å². The number of benzene rings is 1. The van der Waals surface area contributed by atoms with E-state index in [2.05, 4.69) is 0 Å². The molecule has 3 heteroatoms. The standard InChI is InChI=1S/C12H17NO2/c13-9-12(5-6-12)7-8-15-11-3-1-10(14)2-4-11/h1-4,14H,5-9,13H2. The maximum atomic E-state index is 9.09. The molecule has 0 bridgehead atoms. The van der Waals surface area contributed by atoms with Crippen molar-refractivity contribution in [3.63, 3.8) is 0 Å². The van der Waals surface area contributed by atoms with Crippen LogP contribution in [0.2, 0.25) is 0 Å². The molecule has 0 heterocycles. The fourth-order valence-electron chi connectivity index (χ4n) is 1.66. The van der Waals surface area contributed by atoms with Gasteiger partial charge in [0.15, 0.2) is 0 Å². The van der Waals surface area contributed by atoms with Gasteiger partial charge in [-0.3, -0.25) is 0 Å². The number of aromatic hydroxyl groups is 1. The van der Waals surface area contributed by atoms with E-state index < -0.39 is 0 Å². The largest absolute Gasteiger partial charge is 0.508 e. The average Bonchev–Trinajstić information content (AvgIpc) is 3.02. The van der Waals surface area contributed by atoms with E-state index in [4.69, 9.17) is 15.6 Å². The number of hydrogen-bond acceptors (Lipinski definition) is 3.